The molecule has 0 aliphatic carbocycles. The molecule has 43 heavy (non-hydrogen) atoms. The van der Waals surface area contributed by atoms with Gasteiger partial charge < -0.3 is 35.4 Å². The molecule has 2 aromatic carbocycles. The minimum absolute atomic E-state index is 0. The van der Waals surface area contributed by atoms with Gasteiger partial charge in [-0.05, 0) is 36.4 Å². The summed E-state index contributed by atoms with van der Waals surface area (Å²) < 4.78 is 16.1. The molecule has 0 amide bonds. The zero-order valence-corrected chi connectivity index (χ0v) is 32.6. The summed E-state index contributed by atoms with van der Waals surface area (Å²) in [6.45, 7) is 9.16. The summed E-state index contributed by atoms with van der Waals surface area (Å²) in [6, 6.07) is 8.06. The van der Waals surface area contributed by atoms with Gasteiger partial charge in [0.1, 0.15) is 34.1 Å². The molecule has 0 saturated carbocycles. The molecule has 0 bridgehead atoms. The third kappa shape index (κ3) is 25.2. The fourth-order valence-corrected chi connectivity index (χ4v) is 11.4. The zero-order valence-electron chi connectivity index (χ0n) is 26.9. The van der Waals surface area contributed by atoms with Crippen molar-refractivity contribution in [3.8, 4) is 23.0 Å². The van der Waals surface area contributed by atoms with E-state index in [2.05, 4.69) is 27.7 Å². The first-order chi connectivity index (χ1) is 20.1. The summed E-state index contributed by atoms with van der Waals surface area (Å²) in [5.41, 5.74) is -0.316. The van der Waals surface area contributed by atoms with Crippen LogP contribution in [0, 0.1) is 0 Å². The van der Waals surface area contributed by atoms with E-state index in [-0.39, 0.29) is 70.4 Å². The summed E-state index contributed by atoms with van der Waals surface area (Å²) in [5.74, 6) is -2.06. The molecule has 2 aromatic rings. The van der Waals surface area contributed by atoms with Crippen LogP contribution in [0.1, 0.15) is 99.8 Å². The first kappa shape index (κ1) is 45.6. The average Bonchev–Trinajstić information content (AvgIpc) is 2.98. The fraction of sp³-hybridized carbons (Fsp3) is 0.562. The van der Waals surface area contributed by atoms with Gasteiger partial charge in [0.2, 0.25) is 0 Å². The molecule has 2 rings (SSSR count). The van der Waals surface area contributed by atoms with Crippen molar-refractivity contribution in [2.75, 3.05) is 14.2 Å². The second-order valence-corrected chi connectivity index (χ2v) is 17.9. The van der Waals surface area contributed by atoms with E-state index in [4.69, 9.17) is 29.9 Å². The summed E-state index contributed by atoms with van der Waals surface area (Å²) in [6.07, 6.45) is 11.7. The predicted octanol–water partition coefficient (Wildman–Crippen LogP) is 7.63. The fourth-order valence-electron chi connectivity index (χ4n) is 3.08. The third-order valence-corrected chi connectivity index (χ3v) is 13.8. The van der Waals surface area contributed by atoms with Gasteiger partial charge in [-0.3, -0.25) is 0 Å². The molecule has 11 heteroatoms. The van der Waals surface area contributed by atoms with Crippen molar-refractivity contribution >= 4 is 54.2 Å². The number of methoxy groups -OCH3 is 2. The molecule has 244 valence electrons. The number of unbranched alkanes of at least 4 members (excludes halogenated alkanes) is 4. The van der Waals surface area contributed by atoms with E-state index in [0.717, 1.165) is 0 Å². The van der Waals surface area contributed by atoms with Crippen LogP contribution < -0.4 is 9.47 Å². The Hall–Kier alpha value is -1.86. The van der Waals surface area contributed by atoms with Crippen molar-refractivity contribution < 1.29 is 45.0 Å². The van der Waals surface area contributed by atoms with E-state index >= 15 is 0 Å². The van der Waals surface area contributed by atoms with Crippen LogP contribution in [0.3, 0.4) is 0 Å². The minimum atomic E-state index is -1.17. The normalized spacial score (nSPS) is 9.44. The molecule has 0 atom stereocenters. The molecule has 0 fully saturated rings. The Morgan fingerprint density at radius 2 is 0.884 bits per heavy atom. The van der Waals surface area contributed by atoms with Crippen LogP contribution >= 0.6 is 0 Å². The summed E-state index contributed by atoms with van der Waals surface area (Å²) >= 11 is 0.299. The van der Waals surface area contributed by atoms with Gasteiger partial charge in [-0.15, -0.1) is 0 Å². The molecular formula is C32H54O9Sn2. The van der Waals surface area contributed by atoms with Crippen molar-refractivity contribution in [3.63, 3.8) is 0 Å². The number of ether oxygens (including phenoxy) is 2. The summed E-state index contributed by atoms with van der Waals surface area (Å²) in [5, 5.41) is 35.3. The Morgan fingerprint density at radius 3 is 1.09 bits per heavy atom. The topological polar surface area (TPSA) is 165 Å². The van der Waals surface area contributed by atoms with Crippen molar-refractivity contribution in [3.05, 3.63) is 47.5 Å². The van der Waals surface area contributed by atoms with Crippen molar-refractivity contribution in [1.29, 1.82) is 0 Å². The van der Waals surface area contributed by atoms with E-state index in [1.54, 1.807) is 17.7 Å². The number of aromatic carboxylic acids is 2. The molecule has 0 saturated heterocycles. The largest absolute Gasteiger partial charge is 0.507 e. The summed E-state index contributed by atoms with van der Waals surface area (Å²) in [4.78, 5) is 20.9. The van der Waals surface area contributed by atoms with Crippen molar-refractivity contribution in [1.82, 2.24) is 0 Å². The second kappa shape index (κ2) is 31.6. The second-order valence-electron chi connectivity index (χ2n) is 9.29. The maximum Gasteiger partial charge on any atom is 0.339 e. The predicted molar refractivity (Wildman–Crippen MR) is 177 cm³/mol. The Kier molecular flexibility index (Phi) is 33.4. The maximum atomic E-state index is 10.5. The van der Waals surface area contributed by atoms with Crippen LogP contribution in [0.15, 0.2) is 36.4 Å². The van der Waals surface area contributed by atoms with Crippen LogP contribution in [0.2, 0.25) is 17.7 Å². The molecule has 0 spiro atoms. The van der Waals surface area contributed by atoms with E-state index in [0.29, 0.717) is 11.5 Å². The molecule has 0 aliphatic heterocycles. The van der Waals surface area contributed by atoms with Gasteiger partial charge in [-0.1, -0.05) is 0 Å². The SMILES string of the molecule is CCC[CH2][Sn][CH2]CCC.CCC[CH2][Sn][CH2]CCC.COc1ccc(O)c(C(=O)O)c1.COc1ccc(O)c(C(=O)O)c1.O. The van der Waals surface area contributed by atoms with Crippen LogP contribution in [0.5, 0.6) is 23.0 Å². The van der Waals surface area contributed by atoms with Gasteiger partial charge in [-0.25, -0.2) is 9.59 Å². The number of hydrogen-bond acceptors (Lipinski definition) is 6. The molecule has 9 nitrogen and oxygen atoms in total. The van der Waals surface area contributed by atoms with E-state index < -0.39 is 11.9 Å². The number of carboxylic acids is 2. The van der Waals surface area contributed by atoms with E-state index in [1.165, 1.54) is 102 Å². The number of rotatable bonds is 16. The number of aromatic hydroxyl groups is 2. The molecule has 0 aromatic heterocycles. The van der Waals surface area contributed by atoms with E-state index in [9.17, 15) is 9.59 Å². The molecule has 0 heterocycles. The number of hydrogen-bond donors (Lipinski definition) is 4. The Balaban J connectivity index is -0.000000498. The maximum absolute atomic E-state index is 10.5. The van der Waals surface area contributed by atoms with Gasteiger partial charge in [0.15, 0.2) is 0 Å². The Bertz CT molecular complexity index is 882. The quantitative estimate of drug-likeness (QED) is 0.0992. The van der Waals surface area contributed by atoms with Crippen molar-refractivity contribution in [2.45, 2.75) is 96.8 Å². The van der Waals surface area contributed by atoms with Gasteiger partial charge >= 0.3 is 151 Å². The van der Waals surface area contributed by atoms with Crippen LogP contribution in [0.4, 0.5) is 0 Å². The van der Waals surface area contributed by atoms with Crippen LogP contribution in [-0.2, 0) is 0 Å². The monoisotopic (exact) mass is 822 g/mol. The number of carbonyl (C=O) groups is 2. The van der Waals surface area contributed by atoms with Gasteiger partial charge in [0, 0.05) is 0 Å². The molecule has 0 unspecified atom stereocenters. The van der Waals surface area contributed by atoms with Gasteiger partial charge in [-0.2, -0.15) is 0 Å². The van der Waals surface area contributed by atoms with E-state index in [1.807, 2.05) is 0 Å². The zero-order chi connectivity index (χ0) is 32.2. The Morgan fingerprint density at radius 1 is 0.605 bits per heavy atom. The standard InChI is InChI=1S/2C8H8O4.4C4H9.H2O.2Sn/c2*1-12-5-2-3-7(9)6(4-5)8(10)11;4*1-3-4-2;;;/h2*2-4,9H,1H3,(H,10,11);4*1,3-4H2,2H3;1H2;;. The first-order valence-electron chi connectivity index (χ1n) is 14.7. The number of carboxylic acid groups (broad SMARTS) is 2. The summed E-state index contributed by atoms with van der Waals surface area (Å²) in [7, 11) is 2.86. The van der Waals surface area contributed by atoms with Crippen LogP contribution in [-0.4, -0.2) is 94.3 Å². The van der Waals surface area contributed by atoms with Gasteiger partial charge in [0.25, 0.3) is 0 Å². The average molecular weight is 820 g/mol. The Labute approximate surface area is 279 Å². The molecule has 0 aliphatic rings. The molecule has 6 N–H and O–H groups in total. The smallest absolute Gasteiger partial charge is 0.339 e. The minimum Gasteiger partial charge on any atom is -0.507 e. The third-order valence-electron chi connectivity index (χ3n) is 5.70. The number of benzene rings is 2. The van der Waals surface area contributed by atoms with Crippen LogP contribution in [0.25, 0.3) is 0 Å². The van der Waals surface area contributed by atoms with Crippen molar-refractivity contribution in [2.24, 2.45) is 0 Å². The van der Waals surface area contributed by atoms with Gasteiger partial charge in [0.05, 0.1) is 14.2 Å². The molecular weight excluding hydrogens is 766 g/mol. The number of phenols is 2. The first-order valence-corrected chi connectivity index (χ1v) is 22.8. The molecule has 4 radical (unpaired) electrons.